The summed E-state index contributed by atoms with van der Waals surface area (Å²) in [6.07, 6.45) is -4.69. The van der Waals surface area contributed by atoms with E-state index in [4.69, 9.17) is 0 Å². The molecule has 11 heteroatoms. The summed E-state index contributed by atoms with van der Waals surface area (Å²) < 4.78 is 39.5. The number of hydrogen-bond acceptors (Lipinski definition) is 4. The van der Waals surface area contributed by atoms with E-state index >= 15 is 0 Å². The molecule has 1 unspecified atom stereocenters. The zero-order valence-corrected chi connectivity index (χ0v) is 19.2. The third-order valence-electron chi connectivity index (χ3n) is 5.84. The summed E-state index contributed by atoms with van der Waals surface area (Å²) in [5.74, 6) is -2.18. The highest BCUT2D eigenvalue weighted by atomic mass is 19.4. The van der Waals surface area contributed by atoms with Crippen molar-refractivity contribution < 1.29 is 32.3 Å². The molecule has 1 atom stereocenters. The van der Waals surface area contributed by atoms with E-state index in [1.54, 1.807) is 12.1 Å². The Hall–Kier alpha value is -4.41. The quantitative estimate of drug-likeness (QED) is 0.458. The van der Waals surface area contributed by atoms with E-state index in [0.29, 0.717) is 16.5 Å². The summed E-state index contributed by atoms with van der Waals surface area (Å²) in [5.41, 5.74) is -2.38. The molecule has 1 aliphatic rings. The maximum absolute atomic E-state index is 13.2. The lowest BCUT2D eigenvalue weighted by molar-refractivity contribution is -0.137. The van der Waals surface area contributed by atoms with Crippen molar-refractivity contribution in [2.45, 2.75) is 25.6 Å². The van der Waals surface area contributed by atoms with Crippen molar-refractivity contribution in [3.63, 3.8) is 0 Å². The minimum atomic E-state index is -4.69. The number of imide groups is 1. The van der Waals surface area contributed by atoms with Gasteiger partial charge < -0.3 is 16.0 Å². The number of halogens is 3. The number of rotatable bonds is 5. The Balaban J connectivity index is 1.56. The normalized spacial score (nSPS) is 17.8. The zero-order valence-electron chi connectivity index (χ0n) is 19.2. The highest BCUT2D eigenvalue weighted by Gasteiger charge is 2.49. The van der Waals surface area contributed by atoms with Crippen molar-refractivity contribution in [3.8, 4) is 0 Å². The number of alkyl halides is 3. The van der Waals surface area contributed by atoms with Gasteiger partial charge in [0.2, 0.25) is 11.8 Å². The summed E-state index contributed by atoms with van der Waals surface area (Å²) in [5, 5.41) is 8.99. The molecule has 4 rings (SSSR count). The Labute approximate surface area is 203 Å². The standard InChI is InChI=1S/C25H21F3N4O4/c1-14(33)29-19-10-9-18(25(26,27)28)12-20(19)30-21(34)13-32-22(35)24(2,31-23(32)36)17-8-7-15-5-3-4-6-16(15)11-17/h3-12H,13H2,1-2H3,(H,29,33)(H,30,34)(H,31,36). The number of anilines is 2. The molecule has 0 radical (unpaired) electrons. The molecule has 3 aromatic rings. The van der Waals surface area contributed by atoms with Gasteiger partial charge in [-0.3, -0.25) is 19.3 Å². The maximum Gasteiger partial charge on any atom is 0.416 e. The SMILES string of the molecule is CC(=O)Nc1ccc(C(F)(F)F)cc1NC(=O)CN1C(=O)NC(C)(c2ccc3ccccc3c2)C1=O. The zero-order chi connectivity index (χ0) is 26.3. The molecular weight excluding hydrogens is 477 g/mol. The van der Waals surface area contributed by atoms with Crippen LogP contribution in [0.2, 0.25) is 0 Å². The lowest BCUT2D eigenvalue weighted by Crippen LogP contribution is -2.42. The van der Waals surface area contributed by atoms with Crippen LogP contribution in [0.4, 0.5) is 29.3 Å². The fraction of sp³-hybridized carbons (Fsp3) is 0.200. The molecule has 1 heterocycles. The van der Waals surface area contributed by atoms with Gasteiger partial charge in [0, 0.05) is 6.92 Å². The second kappa shape index (κ2) is 8.99. The van der Waals surface area contributed by atoms with E-state index in [2.05, 4.69) is 16.0 Å². The van der Waals surface area contributed by atoms with Crippen LogP contribution in [0.25, 0.3) is 10.8 Å². The van der Waals surface area contributed by atoms with Gasteiger partial charge in [-0.25, -0.2) is 4.79 Å². The van der Waals surface area contributed by atoms with Crippen LogP contribution in [0.1, 0.15) is 25.0 Å². The minimum Gasteiger partial charge on any atom is -0.325 e. The third-order valence-corrected chi connectivity index (χ3v) is 5.84. The predicted octanol–water partition coefficient (Wildman–Crippen LogP) is 4.22. The van der Waals surface area contributed by atoms with Crippen LogP contribution >= 0.6 is 0 Å². The summed E-state index contributed by atoms with van der Waals surface area (Å²) >= 11 is 0. The Morgan fingerprint density at radius 3 is 2.31 bits per heavy atom. The van der Waals surface area contributed by atoms with E-state index in [9.17, 15) is 32.3 Å². The number of nitrogens with one attached hydrogen (secondary N) is 3. The van der Waals surface area contributed by atoms with Gasteiger partial charge in [-0.05, 0) is 47.5 Å². The van der Waals surface area contributed by atoms with Gasteiger partial charge >= 0.3 is 12.2 Å². The molecule has 3 N–H and O–H groups in total. The second-order valence-electron chi connectivity index (χ2n) is 8.50. The smallest absolute Gasteiger partial charge is 0.325 e. The molecule has 0 aliphatic carbocycles. The van der Waals surface area contributed by atoms with Crippen LogP contribution in [0.5, 0.6) is 0 Å². The molecule has 0 aromatic heterocycles. The Bertz CT molecular complexity index is 1410. The molecule has 5 amide bonds. The van der Waals surface area contributed by atoms with Crippen molar-refractivity contribution in [1.82, 2.24) is 10.2 Å². The van der Waals surface area contributed by atoms with Crippen LogP contribution in [-0.4, -0.2) is 35.2 Å². The minimum absolute atomic E-state index is 0.0675. The molecule has 1 saturated heterocycles. The van der Waals surface area contributed by atoms with E-state index < -0.39 is 47.6 Å². The summed E-state index contributed by atoms with van der Waals surface area (Å²) in [6.45, 7) is 1.92. The lowest BCUT2D eigenvalue weighted by atomic mass is 9.90. The molecule has 1 fully saturated rings. The highest BCUT2D eigenvalue weighted by Crippen LogP contribution is 2.35. The van der Waals surface area contributed by atoms with E-state index in [1.165, 1.54) is 6.92 Å². The van der Waals surface area contributed by atoms with E-state index in [0.717, 1.165) is 29.8 Å². The Morgan fingerprint density at radius 1 is 0.944 bits per heavy atom. The number of nitrogens with zero attached hydrogens (tertiary/aromatic N) is 1. The second-order valence-corrected chi connectivity index (χ2v) is 8.50. The van der Waals surface area contributed by atoms with Crippen LogP contribution in [0.15, 0.2) is 60.7 Å². The monoisotopic (exact) mass is 498 g/mol. The molecule has 0 spiro atoms. The van der Waals surface area contributed by atoms with Gasteiger partial charge in [0.25, 0.3) is 5.91 Å². The van der Waals surface area contributed by atoms with Crippen LogP contribution in [0, 0.1) is 0 Å². The molecule has 0 bridgehead atoms. The highest BCUT2D eigenvalue weighted by molar-refractivity contribution is 6.11. The maximum atomic E-state index is 13.2. The summed E-state index contributed by atoms with van der Waals surface area (Å²) in [4.78, 5) is 50.7. The third kappa shape index (κ3) is 4.72. The average Bonchev–Trinajstić information content (AvgIpc) is 3.02. The van der Waals surface area contributed by atoms with Crippen molar-refractivity contribution in [2.75, 3.05) is 17.2 Å². The van der Waals surface area contributed by atoms with Gasteiger partial charge in [0.05, 0.1) is 16.9 Å². The first kappa shape index (κ1) is 24.7. The molecule has 0 saturated carbocycles. The largest absolute Gasteiger partial charge is 0.416 e. The van der Waals surface area contributed by atoms with Crippen molar-refractivity contribution in [2.24, 2.45) is 0 Å². The molecule has 1 aliphatic heterocycles. The van der Waals surface area contributed by atoms with Gasteiger partial charge in [-0.15, -0.1) is 0 Å². The van der Waals surface area contributed by atoms with Gasteiger partial charge in [-0.2, -0.15) is 13.2 Å². The number of benzene rings is 3. The predicted molar refractivity (Wildman–Crippen MR) is 126 cm³/mol. The number of carbonyl (C=O) groups excluding carboxylic acids is 4. The fourth-order valence-electron chi connectivity index (χ4n) is 3.99. The first-order valence-electron chi connectivity index (χ1n) is 10.8. The van der Waals surface area contributed by atoms with E-state index in [1.807, 2.05) is 30.3 Å². The van der Waals surface area contributed by atoms with Crippen molar-refractivity contribution in [3.05, 3.63) is 71.8 Å². The van der Waals surface area contributed by atoms with Crippen LogP contribution in [0.3, 0.4) is 0 Å². The first-order chi connectivity index (χ1) is 16.9. The fourth-order valence-corrected chi connectivity index (χ4v) is 3.99. The molecule has 36 heavy (non-hydrogen) atoms. The number of carbonyl (C=O) groups is 4. The average molecular weight is 498 g/mol. The van der Waals surface area contributed by atoms with Gasteiger partial charge in [0.1, 0.15) is 12.1 Å². The lowest BCUT2D eigenvalue weighted by Gasteiger charge is -2.22. The van der Waals surface area contributed by atoms with Crippen molar-refractivity contribution >= 4 is 45.9 Å². The first-order valence-corrected chi connectivity index (χ1v) is 10.8. The number of hydrogen-bond donors (Lipinski definition) is 3. The van der Waals surface area contributed by atoms with Crippen LogP contribution < -0.4 is 16.0 Å². The number of fused-ring (bicyclic) bond motifs is 1. The molecular formula is C25H21F3N4O4. The summed E-state index contributed by atoms with van der Waals surface area (Å²) in [7, 11) is 0. The Kier molecular flexibility index (Phi) is 6.17. The Morgan fingerprint density at radius 2 is 1.64 bits per heavy atom. The number of urea groups is 1. The van der Waals surface area contributed by atoms with Gasteiger partial charge in [-0.1, -0.05) is 36.4 Å². The van der Waals surface area contributed by atoms with Gasteiger partial charge in [0.15, 0.2) is 0 Å². The van der Waals surface area contributed by atoms with Crippen molar-refractivity contribution in [1.29, 1.82) is 0 Å². The van der Waals surface area contributed by atoms with E-state index in [-0.39, 0.29) is 11.4 Å². The number of amides is 5. The topological polar surface area (TPSA) is 108 Å². The van der Waals surface area contributed by atoms with Crippen LogP contribution in [-0.2, 0) is 26.1 Å². The molecule has 8 nitrogen and oxygen atoms in total. The molecule has 186 valence electrons. The molecule has 3 aromatic carbocycles. The summed E-state index contributed by atoms with van der Waals surface area (Å²) in [6, 6.07) is 14.3.